The number of alkyl halides is 1. The minimum atomic E-state index is 0.0410. The van der Waals surface area contributed by atoms with E-state index in [0.717, 1.165) is 22.6 Å². The quantitative estimate of drug-likeness (QED) is 0.619. The van der Waals surface area contributed by atoms with E-state index < -0.39 is 0 Å². The van der Waals surface area contributed by atoms with Crippen molar-refractivity contribution >= 4 is 11.6 Å². The second-order valence-corrected chi connectivity index (χ2v) is 6.85. The van der Waals surface area contributed by atoms with Crippen molar-refractivity contribution in [2.45, 2.75) is 45.9 Å². The Bertz CT molecular complexity index is 638. The van der Waals surface area contributed by atoms with Crippen LogP contribution < -0.4 is 4.74 Å². The third-order valence-electron chi connectivity index (χ3n) is 3.57. The highest BCUT2D eigenvalue weighted by Gasteiger charge is 2.20. The number of hydrogen-bond acceptors (Lipinski definition) is 1. The first-order chi connectivity index (χ1) is 9.81. The molecule has 0 fully saturated rings. The second kappa shape index (κ2) is 6.11. The van der Waals surface area contributed by atoms with Gasteiger partial charge < -0.3 is 4.74 Å². The van der Waals surface area contributed by atoms with E-state index in [1.165, 1.54) is 11.1 Å². The Labute approximate surface area is 132 Å². The van der Waals surface area contributed by atoms with Crippen LogP contribution in [0.15, 0.2) is 36.4 Å². The fourth-order valence-corrected chi connectivity index (χ4v) is 2.44. The zero-order chi connectivity index (χ0) is 15.6. The van der Waals surface area contributed by atoms with Crippen LogP contribution >= 0.6 is 11.6 Å². The van der Waals surface area contributed by atoms with Crippen molar-refractivity contribution in [1.82, 2.24) is 0 Å². The average Bonchev–Trinajstić information content (AvgIpc) is 2.42. The second-order valence-electron chi connectivity index (χ2n) is 6.59. The summed E-state index contributed by atoms with van der Waals surface area (Å²) in [6.07, 6.45) is 0. The third kappa shape index (κ3) is 3.79. The molecule has 0 amide bonds. The first-order valence-corrected chi connectivity index (χ1v) is 7.79. The van der Waals surface area contributed by atoms with E-state index in [9.17, 15) is 0 Å². The molecule has 2 aromatic rings. The first-order valence-electron chi connectivity index (χ1n) is 7.26. The number of hydrogen-bond donors (Lipinski definition) is 0. The van der Waals surface area contributed by atoms with Crippen LogP contribution in [-0.2, 0) is 11.3 Å². The number of halogens is 1. The summed E-state index contributed by atoms with van der Waals surface area (Å²) in [7, 11) is 0. The average molecular weight is 303 g/mol. The van der Waals surface area contributed by atoms with Gasteiger partial charge in [-0.1, -0.05) is 50.6 Å². The monoisotopic (exact) mass is 302 g/mol. The Morgan fingerprint density at radius 2 is 1.67 bits per heavy atom. The Balaban J connectivity index is 2.45. The van der Waals surface area contributed by atoms with Gasteiger partial charge in [0, 0.05) is 11.4 Å². The van der Waals surface area contributed by atoms with Crippen LogP contribution in [0.2, 0.25) is 0 Å². The fraction of sp³-hybridized carbons (Fsp3) is 0.368. The smallest absolute Gasteiger partial charge is 0.131 e. The minimum Gasteiger partial charge on any atom is -0.457 e. The highest BCUT2D eigenvalue weighted by atomic mass is 35.5. The lowest BCUT2D eigenvalue weighted by Crippen LogP contribution is -2.13. The summed E-state index contributed by atoms with van der Waals surface area (Å²) < 4.78 is 6.21. The van der Waals surface area contributed by atoms with Gasteiger partial charge in [0.25, 0.3) is 0 Å². The Hall–Kier alpha value is -1.47. The van der Waals surface area contributed by atoms with Crippen LogP contribution in [0.5, 0.6) is 11.5 Å². The molecule has 0 bridgehead atoms. The van der Waals surface area contributed by atoms with Crippen molar-refractivity contribution in [2.75, 3.05) is 0 Å². The van der Waals surface area contributed by atoms with E-state index in [1.807, 2.05) is 12.1 Å². The molecule has 2 rings (SSSR count). The summed E-state index contributed by atoms with van der Waals surface area (Å²) in [5.74, 6) is 2.29. The maximum Gasteiger partial charge on any atom is 0.131 e. The van der Waals surface area contributed by atoms with Crippen LogP contribution in [0.1, 0.15) is 43.0 Å². The molecule has 2 heteroatoms. The van der Waals surface area contributed by atoms with Gasteiger partial charge >= 0.3 is 0 Å². The number of rotatable bonds is 3. The standard InChI is InChI=1S/C19H23ClO/c1-13-6-9-17(16(10-13)19(3,4)5)21-18-11-15(12-20)8-7-14(18)2/h6-11H,12H2,1-5H3. The van der Waals surface area contributed by atoms with E-state index in [0.29, 0.717) is 5.88 Å². The predicted octanol–water partition coefficient (Wildman–Crippen LogP) is 6.13. The highest BCUT2D eigenvalue weighted by molar-refractivity contribution is 6.17. The lowest BCUT2D eigenvalue weighted by Gasteiger charge is -2.24. The lowest BCUT2D eigenvalue weighted by atomic mass is 9.85. The molecule has 0 radical (unpaired) electrons. The summed E-state index contributed by atoms with van der Waals surface area (Å²) in [4.78, 5) is 0. The molecule has 0 aliphatic rings. The van der Waals surface area contributed by atoms with Crippen molar-refractivity contribution in [3.63, 3.8) is 0 Å². The largest absolute Gasteiger partial charge is 0.457 e. The molecule has 1 nitrogen and oxygen atoms in total. The minimum absolute atomic E-state index is 0.0410. The van der Waals surface area contributed by atoms with Gasteiger partial charge in [0.15, 0.2) is 0 Å². The molecule has 21 heavy (non-hydrogen) atoms. The summed E-state index contributed by atoms with van der Waals surface area (Å²) >= 11 is 5.92. The molecule has 0 atom stereocenters. The van der Waals surface area contributed by atoms with E-state index in [2.05, 4.69) is 58.9 Å². The molecule has 0 N–H and O–H groups in total. The normalized spacial score (nSPS) is 11.5. The van der Waals surface area contributed by atoms with Crippen LogP contribution in [0.4, 0.5) is 0 Å². The van der Waals surface area contributed by atoms with Crippen LogP contribution in [0.3, 0.4) is 0 Å². The Kier molecular flexibility index (Phi) is 4.63. The van der Waals surface area contributed by atoms with Gasteiger partial charge in [-0.25, -0.2) is 0 Å². The molecule has 0 saturated heterocycles. The maximum absolute atomic E-state index is 6.21. The zero-order valence-electron chi connectivity index (χ0n) is 13.5. The van der Waals surface area contributed by atoms with E-state index in [1.54, 1.807) is 0 Å². The van der Waals surface area contributed by atoms with E-state index in [4.69, 9.17) is 16.3 Å². The summed E-state index contributed by atoms with van der Waals surface area (Å²) in [6, 6.07) is 12.5. The molecule has 2 aromatic carbocycles. The maximum atomic E-state index is 6.21. The van der Waals surface area contributed by atoms with Crippen molar-refractivity contribution in [2.24, 2.45) is 0 Å². The number of benzene rings is 2. The highest BCUT2D eigenvalue weighted by Crippen LogP contribution is 2.36. The van der Waals surface area contributed by atoms with Crippen molar-refractivity contribution < 1.29 is 4.74 Å². The van der Waals surface area contributed by atoms with Gasteiger partial charge in [0.2, 0.25) is 0 Å². The number of ether oxygens (including phenoxy) is 1. The van der Waals surface area contributed by atoms with Gasteiger partial charge in [0.1, 0.15) is 11.5 Å². The number of aryl methyl sites for hydroxylation is 2. The Morgan fingerprint density at radius 3 is 2.29 bits per heavy atom. The van der Waals surface area contributed by atoms with Crippen molar-refractivity contribution in [1.29, 1.82) is 0 Å². The molecule has 0 spiro atoms. The van der Waals surface area contributed by atoms with E-state index in [-0.39, 0.29) is 5.41 Å². The van der Waals surface area contributed by atoms with Crippen molar-refractivity contribution in [3.8, 4) is 11.5 Å². The molecule has 0 aliphatic carbocycles. The molecule has 112 valence electrons. The van der Waals surface area contributed by atoms with Gasteiger partial charge in [-0.15, -0.1) is 11.6 Å². The third-order valence-corrected chi connectivity index (χ3v) is 3.88. The SMILES string of the molecule is Cc1ccc(Oc2cc(CCl)ccc2C)c(C(C)(C)C)c1. The predicted molar refractivity (Wildman–Crippen MR) is 90.7 cm³/mol. The lowest BCUT2D eigenvalue weighted by molar-refractivity contribution is 0.452. The van der Waals surface area contributed by atoms with Gasteiger partial charge in [-0.2, -0.15) is 0 Å². The van der Waals surface area contributed by atoms with Gasteiger partial charge in [0.05, 0.1) is 0 Å². The summed E-state index contributed by atoms with van der Waals surface area (Å²) in [5, 5.41) is 0. The first kappa shape index (κ1) is 15.9. The molecular weight excluding hydrogens is 280 g/mol. The van der Waals surface area contributed by atoms with Crippen LogP contribution in [0.25, 0.3) is 0 Å². The van der Waals surface area contributed by atoms with Gasteiger partial charge in [-0.05, 0) is 42.5 Å². The van der Waals surface area contributed by atoms with Gasteiger partial charge in [-0.3, -0.25) is 0 Å². The molecule has 0 aromatic heterocycles. The van der Waals surface area contributed by atoms with Crippen LogP contribution in [-0.4, -0.2) is 0 Å². The molecule has 0 unspecified atom stereocenters. The molecular formula is C19H23ClO. The summed E-state index contributed by atoms with van der Waals surface area (Å²) in [5.41, 5.74) is 4.70. The fourth-order valence-electron chi connectivity index (χ4n) is 2.27. The topological polar surface area (TPSA) is 9.23 Å². The summed E-state index contributed by atoms with van der Waals surface area (Å²) in [6.45, 7) is 10.8. The molecule has 0 heterocycles. The van der Waals surface area contributed by atoms with Crippen molar-refractivity contribution in [3.05, 3.63) is 58.7 Å². The zero-order valence-corrected chi connectivity index (χ0v) is 14.2. The Morgan fingerprint density at radius 1 is 0.952 bits per heavy atom. The molecule has 0 saturated carbocycles. The van der Waals surface area contributed by atoms with Crippen LogP contribution in [0, 0.1) is 13.8 Å². The van der Waals surface area contributed by atoms with E-state index >= 15 is 0 Å². The molecule has 0 aliphatic heterocycles.